The van der Waals surface area contributed by atoms with Gasteiger partial charge in [-0.1, -0.05) is 20.3 Å². The van der Waals surface area contributed by atoms with Crippen LogP contribution in [0.1, 0.15) is 50.4 Å². The number of carbonyl (C=O) groups is 1. The summed E-state index contributed by atoms with van der Waals surface area (Å²) in [5.41, 5.74) is 0.369. The van der Waals surface area contributed by atoms with Gasteiger partial charge in [0.05, 0.1) is 11.3 Å². The minimum Gasteiger partial charge on any atom is -0.478 e. The predicted molar refractivity (Wildman–Crippen MR) is 86.9 cm³/mol. The molecule has 1 rings (SSSR count). The Hall–Kier alpha value is -1.60. The number of benzene rings is 1. The zero-order valence-corrected chi connectivity index (χ0v) is 14.0. The van der Waals surface area contributed by atoms with Crippen LogP contribution in [0.3, 0.4) is 0 Å². The molecule has 0 radical (unpaired) electrons. The number of hydrogen-bond acceptors (Lipinski definition) is 4. The quantitative estimate of drug-likeness (QED) is 0.648. The zero-order chi connectivity index (χ0) is 16.8. The summed E-state index contributed by atoms with van der Waals surface area (Å²) in [5, 5.41) is 12.1. The number of carboxylic acids is 1. The second-order valence-electron chi connectivity index (χ2n) is 5.25. The van der Waals surface area contributed by atoms with Crippen LogP contribution >= 0.6 is 0 Å². The van der Waals surface area contributed by atoms with E-state index in [9.17, 15) is 13.2 Å². The third kappa shape index (κ3) is 4.99. The van der Waals surface area contributed by atoms with Gasteiger partial charge in [-0.05, 0) is 38.0 Å². The molecule has 3 N–H and O–H groups in total. The van der Waals surface area contributed by atoms with E-state index in [-0.39, 0.29) is 16.5 Å². The van der Waals surface area contributed by atoms with Gasteiger partial charge in [-0.3, -0.25) is 0 Å². The number of aromatic carboxylic acids is 1. The van der Waals surface area contributed by atoms with Gasteiger partial charge in [0.25, 0.3) is 0 Å². The lowest BCUT2D eigenvalue weighted by molar-refractivity contribution is 0.0696. The smallest absolute Gasteiger partial charge is 0.335 e. The van der Waals surface area contributed by atoms with Crippen LogP contribution < -0.4 is 10.0 Å². The predicted octanol–water partition coefficient (Wildman–Crippen LogP) is 2.67. The largest absolute Gasteiger partial charge is 0.478 e. The summed E-state index contributed by atoms with van der Waals surface area (Å²) in [5.74, 6) is -1.15. The second-order valence-corrected chi connectivity index (χ2v) is 6.94. The normalized spacial score (nSPS) is 12.9. The maximum absolute atomic E-state index is 12.5. The molecule has 1 atom stereocenters. The first-order valence-electron chi connectivity index (χ1n) is 7.45. The maximum Gasteiger partial charge on any atom is 0.335 e. The Morgan fingerprint density at radius 2 is 1.95 bits per heavy atom. The maximum atomic E-state index is 12.5. The van der Waals surface area contributed by atoms with Gasteiger partial charge in [0.1, 0.15) is 4.90 Å². The lowest BCUT2D eigenvalue weighted by Gasteiger charge is -2.17. The molecule has 0 amide bonds. The van der Waals surface area contributed by atoms with E-state index in [1.165, 1.54) is 18.2 Å². The molecule has 124 valence electrons. The van der Waals surface area contributed by atoms with Gasteiger partial charge < -0.3 is 10.4 Å². The van der Waals surface area contributed by atoms with Crippen LogP contribution in [-0.4, -0.2) is 32.1 Å². The van der Waals surface area contributed by atoms with E-state index in [4.69, 9.17) is 5.11 Å². The molecule has 22 heavy (non-hydrogen) atoms. The van der Waals surface area contributed by atoms with Crippen molar-refractivity contribution in [2.24, 2.45) is 0 Å². The van der Waals surface area contributed by atoms with Crippen molar-refractivity contribution in [3.05, 3.63) is 23.8 Å². The van der Waals surface area contributed by atoms with Gasteiger partial charge in [0, 0.05) is 12.6 Å². The molecule has 0 aliphatic heterocycles. The van der Waals surface area contributed by atoms with Gasteiger partial charge in [-0.15, -0.1) is 0 Å². The Morgan fingerprint density at radius 1 is 1.27 bits per heavy atom. The van der Waals surface area contributed by atoms with Crippen molar-refractivity contribution < 1.29 is 18.3 Å². The molecule has 0 fully saturated rings. The van der Waals surface area contributed by atoms with E-state index in [2.05, 4.69) is 10.0 Å². The van der Waals surface area contributed by atoms with E-state index in [0.29, 0.717) is 12.2 Å². The van der Waals surface area contributed by atoms with E-state index in [1.54, 1.807) is 6.92 Å². The molecule has 0 aliphatic carbocycles. The molecule has 0 aromatic heterocycles. The molecule has 6 nitrogen and oxygen atoms in total. The van der Waals surface area contributed by atoms with Crippen molar-refractivity contribution in [2.45, 2.75) is 51.0 Å². The highest BCUT2D eigenvalue weighted by Gasteiger charge is 2.22. The summed E-state index contributed by atoms with van der Waals surface area (Å²) in [4.78, 5) is 11.1. The number of sulfonamides is 1. The van der Waals surface area contributed by atoms with Crippen molar-refractivity contribution in [3.63, 3.8) is 0 Å². The van der Waals surface area contributed by atoms with E-state index in [0.717, 1.165) is 19.3 Å². The molecule has 0 bridgehead atoms. The molecule has 0 saturated heterocycles. The third-order valence-corrected chi connectivity index (χ3v) is 4.79. The minimum atomic E-state index is -3.77. The molecule has 1 aromatic rings. The van der Waals surface area contributed by atoms with Crippen LogP contribution in [0.15, 0.2) is 23.1 Å². The Balaban J connectivity index is 3.21. The van der Waals surface area contributed by atoms with Crippen molar-refractivity contribution in [1.29, 1.82) is 0 Å². The average molecular weight is 328 g/mol. The van der Waals surface area contributed by atoms with Gasteiger partial charge in [-0.25, -0.2) is 17.9 Å². The Morgan fingerprint density at radius 3 is 2.50 bits per heavy atom. The highest BCUT2D eigenvalue weighted by molar-refractivity contribution is 7.89. The van der Waals surface area contributed by atoms with Crippen molar-refractivity contribution in [2.75, 3.05) is 11.9 Å². The third-order valence-electron chi connectivity index (χ3n) is 3.16. The number of nitrogens with one attached hydrogen (secondary N) is 2. The van der Waals surface area contributed by atoms with Crippen LogP contribution in [0, 0.1) is 0 Å². The fraction of sp³-hybridized carbons (Fsp3) is 0.533. The summed E-state index contributed by atoms with van der Waals surface area (Å²) in [6.45, 7) is 6.35. The molecule has 0 heterocycles. The van der Waals surface area contributed by atoms with Crippen molar-refractivity contribution >= 4 is 21.7 Å². The van der Waals surface area contributed by atoms with Crippen molar-refractivity contribution in [1.82, 2.24) is 4.72 Å². The number of anilines is 1. The first-order chi connectivity index (χ1) is 10.3. The van der Waals surface area contributed by atoms with Crippen molar-refractivity contribution in [3.8, 4) is 0 Å². The summed E-state index contributed by atoms with van der Waals surface area (Å²) < 4.78 is 27.7. The second kappa shape index (κ2) is 8.14. The molecule has 1 aromatic carbocycles. The van der Waals surface area contributed by atoms with Gasteiger partial charge >= 0.3 is 5.97 Å². The monoisotopic (exact) mass is 328 g/mol. The van der Waals surface area contributed by atoms with Gasteiger partial charge in [0.2, 0.25) is 10.0 Å². The fourth-order valence-corrected chi connectivity index (χ4v) is 3.59. The first-order valence-corrected chi connectivity index (χ1v) is 8.93. The number of carboxylic acid groups (broad SMARTS) is 1. The summed E-state index contributed by atoms with van der Waals surface area (Å²) in [7, 11) is -3.77. The Kier molecular flexibility index (Phi) is 6.83. The molecule has 1 unspecified atom stereocenters. The molecular formula is C15H24N2O4S. The lowest BCUT2D eigenvalue weighted by Crippen LogP contribution is -2.33. The van der Waals surface area contributed by atoms with E-state index in [1.807, 2.05) is 13.8 Å². The zero-order valence-electron chi connectivity index (χ0n) is 13.2. The summed E-state index contributed by atoms with van der Waals surface area (Å²) >= 11 is 0. The van der Waals surface area contributed by atoms with Crippen LogP contribution in [0.4, 0.5) is 5.69 Å². The van der Waals surface area contributed by atoms with E-state index >= 15 is 0 Å². The minimum absolute atomic E-state index is 0.0243. The highest BCUT2D eigenvalue weighted by Crippen LogP contribution is 2.23. The topological polar surface area (TPSA) is 95.5 Å². The van der Waals surface area contributed by atoms with Crippen LogP contribution in [0.25, 0.3) is 0 Å². The molecule has 0 spiro atoms. The van der Waals surface area contributed by atoms with Gasteiger partial charge in [-0.2, -0.15) is 0 Å². The standard InChI is InChI=1S/C15H24N2O4S/c1-4-6-11(3)17-22(20,21)14-10-12(15(18)19)7-8-13(14)16-9-5-2/h7-8,10-11,16-17H,4-6,9H2,1-3H3,(H,18,19). The Labute approximate surface area is 132 Å². The SMILES string of the molecule is CCCNc1ccc(C(=O)O)cc1S(=O)(=O)NC(C)CCC. The van der Waals surface area contributed by atoms with E-state index < -0.39 is 16.0 Å². The molecular weight excluding hydrogens is 304 g/mol. The van der Waals surface area contributed by atoms with Crippen LogP contribution in [0.2, 0.25) is 0 Å². The Bertz CT molecular complexity index is 614. The lowest BCUT2D eigenvalue weighted by atomic mass is 10.2. The number of hydrogen-bond donors (Lipinski definition) is 3. The number of rotatable bonds is 9. The highest BCUT2D eigenvalue weighted by atomic mass is 32.2. The van der Waals surface area contributed by atoms with Crippen LogP contribution in [0.5, 0.6) is 0 Å². The fourth-order valence-electron chi connectivity index (χ4n) is 2.10. The molecule has 0 aliphatic rings. The van der Waals surface area contributed by atoms with Crippen LogP contribution in [-0.2, 0) is 10.0 Å². The summed E-state index contributed by atoms with van der Waals surface area (Å²) in [6, 6.07) is 3.89. The summed E-state index contributed by atoms with van der Waals surface area (Å²) in [6.07, 6.45) is 2.41. The first kappa shape index (κ1) is 18.4. The molecule has 7 heteroatoms. The van der Waals surface area contributed by atoms with Gasteiger partial charge in [0.15, 0.2) is 0 Å². The molecule has 0 saturated carbocycles. The average Bonchev–Trinajstić information content (AvgIpc) is 2.44.